The van der Waals surface area contributed by atoms with Crippen LogP contribution >= 0.6 is 34.5 Å². The number of fused-ring (bicyclic) bond motifs is 3. The van der Waals surface area contributed by atoms with Crippen LogP contribution in [0.1, 0.15) is 20.9 Å². The lowest BCUT2D eigenvalue weighted by Crippen LogP contribution is -2.47. The summed E-state index contributed by atoms with van der Waals surface area (Å²) in [6.07, 6.45) is 1.73. The smallest absolute Gasteiger partial charge is 0.274 e. The van der Waals surface area contributed by atoms with Gasteiger partial charge in [0.25, 0.3) is 5.91 Å². The van der Waals surface area contributed by atoms with Crippen molar-refractivity contribution in [3.63, 3.8) is 0 Å². The second-order valence-corrected chi connectivity index (χ2v) is 9.38. The van der Waals surface area contributed by atoms with Crippen molar-refractivity contribution in [2.75, 3.05) is 33.2 Å². The van der Waals surface area contributed by atoms with Crippen molar-refractivity contribution in [3.05, 3.63) is 55.8 Å². The molecule has 3 heterocycles. The van der Waals surface area contributed by atoms with Gasteiger partial charge in [0.1, 0.15) is 0 Å². The van der Waals surface area contributed by atoms with Gasteiger partial charge in [0.05, 0.1) is 16.4 Å². The predicted molar refractivity (Wildman–Crippen MR) is 118 cm³/mol. The lowest BCUT2D eigenvalue weighted by atomic mass is 9.94. The zero-order chi connectivity index (χ0) is 20.1. The highest BCUT2D eigenvalue weighted by Crippen LogP contribution is 2.41. The summed E-state index contributed by atoms with van der Waals surface area (Å²) < 4.78 is 1.82. The molecule has 0 spiro atoms. The van der Waals surface area contributed by atoms with Crippen molar-refractivity contribution >= 4 is 40.4 Å². The number of carbonyl (C=O) groups is 1. The fraction of sp³-hybridized carbons (Fsp3) is 0.333. The van der Waals surface area contributed by atoms with E-state index in [2.05, 4.69) is 23.4 Å². The minimum absolute atomic E-state index is 0.00456. The van der Waals surface area contributed by atoms with Crippen LogP contribution in [0.5, 0.6) is 0 Å². The molecule has 5 rings (SSSR count). The number of hydrogen-bond acceptors (Lipinski definition) is 4. The Hall–Kier alpha value is -1.86. The van der Waals surface area contributed by atoms with Gasteiger partial charge in [-0.2, -0.15) is 5.10 Å². The molecule has 1 aromatic carbocycles. The summed E-state index contributed by atoms with van der Waals surface area (Å²) in [6.45, 7) is 3.20. The fourth-order valence-corrected chi connectivity index (χ4v) is 5.35. The van der Waals surface area contributed by atoms with Gasteiger partial charge in [-0.15, -0.1) is 11.3 Å². The number of amides is 1. The summed E-state index contributed by atoms with van der Waals surface area (Å²) in [5.41, 5.74) is 4.35. The summed E-state index contributed by atoms with van der Waals surface area (Å²) in [4.78, 5) is 18.9. The van der Waals surface area contributed by atoms with Crippen molar-refractivity contribution in [2.24, 2.45) is 0 Å². The molecule has 1 aliphatic carbocycles. The molecular weight excluding hydrogens is 427 g/mol. The average Bonchev–Trinajstić information content (AvgIpc) is 3.34. The first-order valence-corrected chi connectivity index (χ1v) is 11.3. The molecule has 150 valence electrons. The normalized spacial score (nSPS) is 16.6. The molecule has 0 unspecified atom stereocenters. The first kappa shape index (κ1) is 19.1. The van der Waals surface area contributed by atoms with E-state index in [0.29, 0.717) is 21.4 Å². The molecule has 0 bridgehead atoms. The van der Waals surface area contributed by atoms with Crippen molar-refractivity contribution in [3.8, 4) is 16.9 Å². The summed E-state index contributed by atoms with van der Waals surface area (Å²) in [5, 5.41) is 8.05. The highest BCUT2D eigenvalue weighted by atomic mass is 35.5. The average molecular weight is 447 g/mol. The van der Waals surface area contributed by atoms with E-state index < -0.39 is 0 Å². The zero-order valence-electron chi connectivity index (χ0n) is 16.0. The van der Waals surface area contributed by atoms with Crippen LogP contribution in [0.4, 0.5) is 0 Å². The molecule has 3 aromatic rings. The molecule has 5 nitrogen and oxygen atoms in total. The second-order valence-electron chi connectivity index (χ2n) is 7.54. The number of benzene rings is 1. The van der Waals surface area contributed by atoms with E-state index in [0.717, 1.165) is 55.8 Å². The summed E-state index contributed by atoms with van der Waals surface area (Å²) >= 11 is 14.5. The number of aromatic nitrogens is 2. The topological polar surface area (TPSA) is 41.4 Å². The number of nitrogens with zero attached hydrogens (tertiary/aromatic N) is 4. The number of aryl methyl sites for hydroxylation is 1. The first-order valence-electron chi connectivity index (χ1n) is 9.65. The van der Waals surface area contributed by atoms with E-state index in [1.165, 1.54) is 4.88 Å². The van der Waals surface area contributed by atoms with Crippen molar-refractivity contribution in [2.45, 2.75) is 12.8 Å². The highest BCUT2D eigenvalue weighted by Gasteiger charge is 2.32. The molecule has 0 atom stereocenters. The third-order valence-corrected chi connectivity index (χ3v) is 7.25. The number of hydrogen-bond donors (Lipinski definition) is 0. The van der Waals surface area contributed by atoms with Gasteiger partial charge in [0.15, 0.2) is 5.69 Å². The highest BCUT2D eigenvalue weighted by molar-refractivity contribution is 7.10. The second kappa shape index (κ2) is 7.43. The number of piperazine rings is 1. The largest absolute Gasteiger partial charge is 0.335 e. The fourth-order valence-electron chi connectivity index (χ4n) is 4.10. The molecule has 0 N–H and O–H groups in total. The molecule has 2 aromatic heterocycles. The third-order valence-electron chi connectivity index (χ3n) is 5.72. The predicted octanol–water partition coefficient (Wildman–Crippen LogP) is 4.39. The van der Waals surface area contributed by atoms with Gasteiger partial charge in [-0.05, 0) is 49.5 Å². The standard InChI is InChI=1S/C21H20Cl2N4OS/c1-25-7-9-26(10-8-25)21(28)19-15-3-5-18-14(6-11-29-18)20(15)27(24-19)17-12-13(22)2-4-16(17)23/h2,4,6,11-12H,3,5,7-10H2,1H3. The van der Waals surface area contributed by atoms with Gasteiger partial charge in [-0.3, -0.25) is 4.79 Å². The van der Waals surface area contributed by atoms with Gasteiger partial charge in [0, 0.05) is 47.2 Å². The molecule has 1 amide bonds. The maximum Gasteiger partial charge on any atom is 0.274 e. The Bertz CT molecular complexity index is 1100. The molecule has 1 fully saturated rings. The molecular formula is C21H20Cl2N4OS. The Morgan fingerprint density at radius 1 is 1.10 bits per heavy atom. The number of halogens is 2. The maximum atomic E-state index is 13.4. The van der Waals surface area contributed by atoms with E-state index in [1.807, 2.05) is 15.6 Å². The van der Waals surface area contributed by atoms with Crippen LogP contribution in [0.15, 0.2) is 29.6 Å². The Kier molecular flexibility index (Phi) is 4.90. The van der Waals surface area contributed by atoms with Crippen LogP contribution in [0.3, 0.4) is 0 Å². The van der Waals surface area contributed by atoms with Crippen molar-refractivity contribution in [1.29, 1.82) is 0 Å². The Morgan fingerprint density at radius 2 is 1.90 bits per heavy atom. The monoisotopic (exact) mass is 446 g/mol. The van der Waals surface area contributed by atoms with Crippen LogP contribution in [0.25, 0.3) is 16.9 Å². The lowest BCUT2D eigenvalue weighted by Gasteiger charge is -2.32. The van der Waals surface area contributed by atoms with E-state index in [-0.39, 0.29) is 5.91 Å². The third kappa shape index (κ3) is 3.28. The van der Waals surface area contributed by atoms with E-state index >= 15 is 0 Å². The van der Waals surface area contributed by atoms with E-state index in [1.54, 1.807) is 23.5 Å². The molecule has 0 radical (unpaired) electrons. The molecule has 8 heteroatoms. The first-order chi connectivity index (χ1) is 14.0. The maximum absolute atomic E-state index is 13.4. The van der Waals surface area contributed by atoms with E-state index in [9.17, 15) is 4.79 Å². The summed E-state index contributed by atoms with van der Waals surface area (Å²) in [5.74, 6) is 0.00456. The number of thiophene rings is 1. The van der Waals surface area contributed by atoms with Crippen LogP contribution < -0.4 is 0 Å². The molecule has 1 aliphatic heterocycles. The van der Waals surface area contributed by atoms with Crippen LogP contribution in [0.2, 0.25) is 10.0 Å². The number of rotatable bonds is 2. The van der Waals surface area contributed by atoms with Gasteiger partial charge in [-0.25, -0.2) is 4.68 Å². The molecule has 2 aliphatic rings. The molecule has 0 saturated carbocycles. The molecule has 1 saturated heterocycles. The number of likely N-dealkylation sites (N-methyl/N-ethyl adjacent to an activating group) is 1. The molecule has 29 heavy (non-hydrogen) atoms. The summed E-state index contributed by atoms with van der Waals surface area (Å²) in [7, 11) is 2.08. The van der Waals surface area contributed by atoms with Crippen LogP contribution in [0, 0.1) is 0 Å². The van der Waals surface area contributed by atoms with Crippen molar-refractivity contribution < 1.29 is 4.79 Å². The van der Waals surface area contributed by atoms with Crippen molar-refractivity contribution in [1.82, 2.24) is 19.6 Å². The minimum Gasteiger partial charge on any atom is -0.335 e. The van der Waals surface area contributed by atoms with Crippen LogP contribution in [-0.4, -0.2) is 58.7 Å². The lowest BCUT2D eigenvalue weighted by molar-refractivity contribution is 0.0656. The quantitative estimate of drug-likeness (QED) is 0.585. The van der Waals surface area contributed by atoms with Gasteiger partial charge in [0.2, 0.25) is 0 Å². The Balaban J connectivity index is 1.67. The van der Waals surface area contributed by atoms with Gasteiger partial charge >= 0.3 is 0 Å². The summed E-state index contributed by atoms with van der Waals surface area (Å²) in [6, 6.07) is 7.45. The van der Waals surface area contributed by atoms with E-state index in [4.69, 9.17) is 28.3 Å². The van der Waals surface area contributed by atoms with Gasteiger partial charge < -0.3 is 9.80 Å². The Morgan fingerprint density at radius 3 is 2.69 bits per heavy atom. The minimum atomic E-state index is 0.00456. The van der Waals surface area contributed by atoms with Gasteiger partial charge in [-0.1, -0.05) is 23.2 Å². The number of carbonyl (C=O) groups excluding carboxylic acids is 1. The SMILES string of the molecule is CN1CCN(C(=O)c2nn(-c3cc(Cl)ccc3Cl)c3c2CCc2sccc2-3)CC1. The Labute approximate surface area is 183 Å². The zero-order valence-corrected chi connectivity index (χ0v) is 18.3. The van der Waals surface area contributed by atoms with Crippen LogP contribution in [-0.2, 0) is 12.8 Å².